The van der Waals surface area contributed by atoms with Crippen molar-refractivity contribution in [2.75, 3.05) is 12.0 Å². The monoisotopic (exact) mass is 466 g/mol. The second-order valence-electron chi connectivity index (χ2n) is 7.59. The lowest BCUT2D eigenvalue weighted by Crippen LogP contribution is -2.50. The molecule has 2 aromatic heterocycles. The van der Waals surface area contributed by atoms with E-state index < -0.39 is 35.2 Å². The van der Waals surface area contributed by atoms with Gasteiger partial charge in [-0.2, -0.15) is 11.8 Å². The molecule has 0 spiro atoms. The highest BCUT2D eigenvalue weighted by atomic mass is 32.2. The number of H-pyrrole nitrogens is 2. The SMILES string of the molecule is CSC[C@H](NC(=O)[C@H](Cc1c[nH]c2ccccc12)n1c(=O)[nH]c2ccccc2c1=O)C(=O)O. The van der Waals surface area contributed by atoms with E-state index >= 15 is 0 Å². The van der Waals surface area contributed by atoms with Gasteiger partial charge < -0.3 is 20.4 Å². The molecular formula is C23H22N4O5S. The zero-order valence-corrected chi connectivity index (χ0v) is 18.5. The summed E-state index contributed by atoms with van der Waals surface area (Å²) in [5.74, 6) is -1.77. The van der Waals surface area contributed by atoms with Crippen molar-refractivity contribution < 1.29 is 14.7 Å². The molecule has 2 atom stereocenters. The van der Waals surface area contributed by atoms with Gasteiger partial charge in [0.25, 0.3) is 5.56 Å². The van der Waals surface area contributed by atoms with E-state index in [0.29, 0.717) is 5.52 Å². The number of amides is 1. The third kappa shape index (κ3) is 4.42. The van der Waals surface area contributed by atoms with E-state index in [1.165, 1.54) is 11.8 Å². The van der Waals surface area contributed by atoms with Crippen molar-refractivity contribution in [2.45, 2.75) is 18.5 Å². The quantitative estimate of drug-likeness (QED) is 0.313. The Morgan fingerprint density at radius 3 is 2.42 bits per heavy atom. The maximum Gasteiger partial charge on any atom is 0.329 e. The van der Waals surface area contributed by atoms with Crippen LogP contribution in [0.3, 0.4) is 0 Å². The summed E-state index contributed by atoms with van der Waals surface area (Å²) in [6, 6.07) is 11.6. The third-order valence-electron chi connectivity index (χ3n) is 5.49. The minimum Gasteiger partial charge on any atom is -0.480 e. The number of nitrogens with one attached hydrogen (secondary N) is 3. The van der Waals surface area contributed by atoms with Crippen LogP contribution in [0.1, 0.15) is 11.6 Å². The van der Waals surface area contributed by atoms with Gasteiger partial charge in [-0.3, -0.25) is 9.59 Å². The summed E-state index contributed by atoms with van der Waals surface area (Å²) in [5, 5.41) is 13.1. The number of carboxylic acid groups (broad SMARTS) is 1. The molecule has 170 valence electrons. The lowest BCUT2D eigenvalue weighted by atomic mass is 10.0. The first-order valence-corrected chi connectivity index (χ1v) is 11.6. The fraction of sp³-hybridized carbons (Fsp3) is 0.217. The molecule has 0 fully saturated rings. The number of carbonyl (C=O) groups is 2. The summed E-state index contributed by atoms with van der Waals surface area (Å²) in [6.45, 7) is 0. The van der Waals surface area contributed by atoms with E-state index in [9.17, 15) is 24.3 Å². The number of aromatic amines is 2. The molecule has 1 amide bonds. The number of carboxylic acids is 1. The molecule has 2 aromatic carbocycles. The van der Waals surface area contributed by atoms with Crippen molar-refractivity contribution in [3.8, 4) is 0 Å². The van der Waals surface area contributed by atoms with Gasteiger partial charge >= 0.3 is 11.7 Å². The Morgan fingerprint density at radius 2 is 1.73 bits per heavy atom. The lowest BCUT2D eigenvalue weighted by molar-refractivity contribution is -0.141. The summed E-state index contributed by atoms with van der Waals surface area (Å²) in [5.41, 5.74) is 0.571. The molecule has 2 heterocycles. The smallest absolute Gasteiger partial charge is 0.329 e. The number of para-hydroxylation sites is 2. The molecule has 0 saturated carbocycles. The second kappa shape index (κ2) is 9.37. The van der Waals surface area contributed by atoms with Gasteiger partial charge in [-0.1, -0.05) is 30.3 Å². The molecule has 0 aliphatic carbocycles. The van der Waals surface area contributed by atoms with E-state index in [-0.39, 0.29) is 17.6 Å². The van der Waals surface area contributed by atoms with E-state index in [0.717, 1.165) is 21.0 Å². The third-order valence-corrected chi connectivity index (χ3v) is 6.15. The number of thioether (sulfide) groups is 1. The van der Waals surface area contributed by atoms with Gasteiger partial charge in [-0.05, 0) is 30.0 Å². The van der Waals surface area contributed by atoms with Crippen LogP contribution in [-0.4, -0.2) is 49.6 Å². The Labute approximate surface area is 191 Å². The molecule has 4 rings (SSSR count). The van der Waals surface area contributed by atoms with Gasteiger partial charge in [0, 0.05) is 29.3 Å². The molecule has 0 bridgehead atoms. The predicted octanol–water partition coefficient (Wildman–Crippen LogP) is 1.89. The highest BCUT2D eigenvalue weighted by Gasteiger charge is 2.30. The van der Waals surface area contributed by atoms with Gasteiger partial charge in [0.15, 0.2) is 0 Å². The van der Waals surface area contributed by atoms with Crippen molar-refractivity contribution in [1.29, 1.82) is 0 Å². The van der Waals surface area contributed by atoms with Gasteiger partial charge in [-0.15, -0.1) is 0 Å². The Hall–Kier alpha value is -3.79. The van der Waals surface area contributed by atoms with Gasteiger partial charge in [0.1, 0.15) is 12.1 Å². The largest absolute Gasteiger partial charge is 0.480 e. The zero-order valence-electron chi connectivity index (χ0n) is 17.7. The number of fused-ring (bicyclic) bond motifs is 2. The normalized spacial score (nSPS) is 13.1. The summed E-state index contributed by atoms with van der Waals surface area (Å²) >= 11 is 1.27. The average Bonchev–Trinajstić information content (AvgIpc) is 3.21. The zero-order chi connectivity index (χ0) is 23.5. The van der Waals surface area contributed by atoms with Crippen molar-refractivity contribution in [2.24, 2.45) is 0 Å². The predicted molar refractivity (Wildman–Crippen MR) is 128 cm³/mol. The van der Waals surface area contributed by atoms with Crippen LogP contribution >= 0.6 is 11.8 Å². The topological polar surface area (TPSA) is 137 Å². The number of carbonyl (C=O) groups excluding carboxylic acids is 1. The summed E-state index contributed by atoms with van der Waals surface area (Å²) in [6.07, 6.45) is 3.47. The molecule has 0 radical (unpaired) electrons. The number of hydrogen-bond donors (Lipinski definition) is 4. The van der Waals surface area contributed by atoms with Gasteiger partial charge in [0.05, 0.1) is 10.9 Å². The molecule has 4 aromatic rings. The van der Waals surface area contributed by atoms with E-state index in [4.69, 9.17) is 0 Å². The fourth-order valence-electron chi connectivity index (χ4n) is 3.88. The maximum atomic E-state index is 13.3. The van der Waals surface area contributed by atoms with Crippen LogP contribution in [0.25, 0.3) is 21.8 Å². The molecule has 33 heavy (non-hydrogen) atoms. The standard InChI is InChI=1S/C23H22N4O5S/c1-33-12-18(22(30)31)25-20(28)19(10-13-11-24-16-8-4-2-6-14(13)16)27-21(29)15-7-3-5-9-17(15)26-23(27)32/h2-9,11,18-19,24H,10,12H2,1H3,(H,25,28)(H,26,32)(H,30,31)/t18-,19-/m0/s1. The Bertz CT molecular complexity index is 1450. The summed E-state index contributed by atoms with van der Waals surface area (Å²) in [7, 11) is 0. The molecule has 0 aliphatic heterocycles. The maximum absolute atomic E-state index is 13.3. The Kier molecular flexibility index (Phi) is 6.36. The highest BCUT2D eigenvalue weighted by Crippen LogP contribution is 2.22. The van der Waals surface area contributed by atoms with Gasteiger partial charge in [-0.25, -0.2) is 14.2 Å². The molecule has 9 nitrogen and oxygen atoms in total. The van der Waals surface area contributed by atoms with Crippen LogP contribution in [0.5, 0.6) is 0 Å². The first kappa shape index (κ1) is 22.4. The lowest BCUT2D eigenvalue weighted by Gasteiger charge is -2.21. The summed E-state index contributed by atoms with van der Waals surface area (Å²) in [4.78, 5) is 56.9. The van der Waals surface area contributed by atoms with Crippen LogP contribution in [0.15, 0.2) is 64.3 Å². The number of aliphatic carboxylic acids is 1. The average molecular weight is 467 g/mol. The first-order valence-electron chi connectivity index (χ1n) is 10.2. The number of aromatic nitrogens is 3. The minimum absolute atomic E-state index is 0.0166. The minimum atomic E-state index is -1.26. The Balaban J connectivity index is 1.83. The van der Waals surface area contributed by atoms with E-state index in [1.807, 2.05) is 24.3 Å². The molecule has 0 saturated heterocycles. The van der Waals surface area contributed by atoms with E-state index in [1.54, 1.807) is 36.7 Å². The van der Waals surface area contributed by atoms with Crippen molar-refractivity contribution in [3.63, 3.8) is 0 Å². The Morgan fingerprint density at radius 1 is 1.06 bits per heavy atom. The number of nitrogens with zero attached hydrogens (tertiary/aromatic N) is 1. The van der Waals surface area contributed by atoms with Crippen LogP contribution in [0.2, 0.25) is 0 Å². The van der Waals surface area contributed by atoms with Crippen molar-refractivity contribution >= 4 is 45.4 Å². The van der Waals surface area contributed by atoms with Crippen LogP contribution in [0.4, 0.5) is 0 Å². The number of hydrogen-bond acceptors (Lipinski definition) is 5. The highest BCUT2D eigenvalue weighted by molar-refractivity contribution is 7.98. The number of benzene rings is 2. The van der Waals surface area contributed by atoms with Crippen LogP contribution in [0, 0.1) is 0 Å². The van der Waals surface area contributed by atoms with Crippen LogP contribution < -0.4 is 16.6 Å². The molecule has 4 N–H and O–H groups in total. The van der Waals surface area contributed by atoms with Crippen molar-refractivity contribution in [3.05, 3.63) is 81.1 Å². The molecule has 0 aliphatic rings. The number of rotatable bonds is 8. The fourth-order valence-corrected chi connectivity index (χ4v) is 4.44. The van der Waals surface area contributed by atoms with Crippen LogP contribution in [-0.2, 0) is 16.0 Å². The van der Waals surface area contributed by atoms with Crippen molar-refractivity contribution in [1.82, 2.24) is 19.9 Å². The summed E-state index contributed by atoms with van der Waals surface area (Å²) < 4.78 is 0.872. The first-order chi connectivity index (χ1) is 15.9. The molecule has 0 unspecified atom stereocenters. The second-order valence-corrected chi connectivity index (χ2v) is 8.50. The van der Waals surface area contributed by atoms with Gasteiger partial charge in [0.2, 0.25) is 5.91 Å². The van der Waals surface area contributed by atoms with E-state index in [2.05, 4.69) is 15.3 Å². The molecular weight excluding hydrogens is 444 g/mol. The molecule has 10 heteroatoms.